The first-order valence-electron chi connectivity index (χ1n) is 7.26. The molecule has 5 heteroatoms. The Morgan fingerprint density at radius 1 is 1.21 bits per heavy atom. The van der Waals surface area contributed by atoms with Crippen LogP contribution in [0.25, 0.3) is 0 Å². The van der Waals surface area contributed by atoms with Crippen molar-refractivity contribution in [2.24, 2.45) is 23.7 Å². The van der Waals surface area contributed by atoms with Gasteiger partial charge in [-0.05, 0) is 37.5 Å². The zero-order chi connectivity index (χ0) is 13.2. The summed E-state index contributed by atoms with van der Waals surface area (Å²) < 4.78 is 5.51. The fourth-order valence-corrected chi connectivity index (χ4v) is 4.41. The topological polar surface area (TPSA) is 66.8 Å². The van der Waals surface area contributed by atoms with Crippen molar-refractivity contribution in [3.8, 4) is 0 Å². The number of nitrogens with zero attached hydrogens (tertiary/aromatic N) is 1. The molecule has 104 valence electrons. The lowest BCUT2D eigenvalue weighted by Gasteiger charge is -2.24. The Hall–Kier alpha value is -1.10. The Morgan fingerprint density at radius 3 is 2.58 bits per heavy atom. The molecule has 0 aromatic heterocycles. The number of carboxylic acid groups (broad SMARTS) is 1. The van der Waals surface area contributed by atoms with Crippen LogP contribution in [0.2, 0.25) is 0 Å². The Bertz CT molecular complexity index is 441. The minimum absolute atomic E-state index is 0.0233. The number of fused-ring (bicyclic) bond motifs is 2. The molecule has 0 bridgehead atoms. The van der Waals surface area contributed by atoms with E-state index in [9.17, 15) is 14.7 Å². The third-order valence-electron chi connectivity index (χ3n) is 5.62. The lowest BCUT2D eigenvalue weighted by molar-refractivity contribution is -0.161. The fourth-order valence-electron chi connectivity index (χ4n) is 4.41. The Morgan fingerprint density at radius 2 is 1.95 bits per heavy atom. The van der Waals surface area contributed by atoms with Crippen LogP contribution in [0.4, 0.5) is 0 Å². The second kappa shape index (κ2) is 3.72. The summed E-state index contributed by atoms with van der Waals surface area (Å²) in [6.45, 7) is 1.32. The van der Waals surface area contributed by atoms with E-state index in [2.05, 4.69) is 0 Å². The number of aliphatic carboxylic acids is 1. The quantitative estimate of drug-likeness (QED) is 0.799. The molecule has 4 rings (SSSR count). The normalized spacial score (nSPS) is 47.1. The molecule has 1 N–H and O–H groups in total. The average molecular weight is 265 g/mol. The summed E-state index contributed by atoms with van der Waals surface area (Å²) in [5.74, 6) is 0.949. The number of carboxylic acids is 1. The number of rotatable bonds is 2. The number of hydrogen-bond acceptors (Lipinski definition) is 3. The molecule has 0 spiro atoms. The van der Waals surface area contributed by atoms with E-state index in [1.807, 2.05) is 0 Å². The molecule has 2 saturated heterocycles. The van der Waals surface area contributed by atoms with Crippen LogP contribution in [-0.2, 0) is 14.3 Å². The summed E-state index contributed by atoms with van der Waals surface area (Å²) in [5.41, 5.74) is -1.11. The zero-order valence-electron chi connectivity index (χ0n) is 10.9. The maximum atomic E-state index is 12.5. The van der Waals surface area contributed by atoms with Crippen LogP contribution in [0.15, 0.2) is 0 Å². The van der Waals surface area contributed by atoms with Gasteiger partial charge in [0.25, 0.3) is 0 Å². The largest absolute Gasteiger partial charge is 0.479 e. The number of carbonyl (C=O) groups excluding carboxylic acids is 1. The van der Waals surface area contributed by atoms with Crippen LogP contribution in [-0.4, -0.2) is 47.2 Å². The lowest BCUT2D eigenvalue weighted by Crippen LogP contribution is -2.46. The molecule has 2 aliphatic carbocycles. The molecule has 0 radical (unpaired) electrons. The minimum Gasteiger partial charge on any atom is -0.479 e. The van der Waals surface area contributed by atoms with Gasteiger partial charge in [-0.1, -0.05) is 0 Å². The van der Waals surface area contributed by atoms with Crippen LogP contribution in [0.3, 0.4) is 0 Å². The second-order valence-corrected chi connectivity index (χ2v) is 6.67. The van der Waals surface area contributed by atoms with Crippen molar-refractivity contribution in [1.29, 1.82) is 0 Å². The van der Waals surface area contributed by atoms with Gasteiger partial charge in [0.15, 0.2) is 5.60 Å². The molecule has 2 saturated carbocycles. The third kappa shape index (κ3) is 1.57. The summed E-state index contributed by atoms with van der Waals surface area (Å²) >= 11 is 0. The third-order valence-corrected chi connectivity index (χ3v) is 5.62. The van der Waals surface area contributed by atoms with Gasteiger partial charge in [-0.25, -0.2) is 4.79 Å². The summed E-state index contributed by atoms with van der Waals surface area (Å²) in [5, 5.41) is 9.43. The molecule has 1 unspecified atom stereocenters. The Balaban J connectivity index is 1.49. The molecule has 5 atom stereocenters. The van der Waals surface area contributed by atoms with Gasteiger partial charge in [-0.15, -0.1) is 0 Å². The van der Waals surface area contributed by atoms with Crippen molar-refractivity contribution in [2.75, 3.05) is 19.7 Å². The highest BCUT2D eigenvalue weighted by Crippen LogP contribution is 2.55. The van der Waals surface area contributed by atoms with E-state index in [1.54, 1.807) is 4.90 Å². The molecule has 2 heterocycles. The Labute approximate surface area is 111 Å². The molecule has 0 aromatic rings. The van der Waals surface area contributed by atoms with Gasteiger partial charge in [0.2, 0.25) is 5.91 Å². The van der Waals surface area contributed by atoms with Crippen molar-refractivity contribution in [3.05, 3.63) is 0 Å². The number of likely N-dealkylation sites (tertiary alicyclic amines) is 1. The van der Waals surface area contributed by atoms with Gasteiger partial charge in [-0.3, -0.25) is 4.79 Å². The van der Waals surface area contributed by atoms with Crippen molar-refractivity contribution in [1.82, 2.24) is 4.90 Å². The number of hydrogen-bond donors (Lipinski definition) is 1. The van der Waals surface area contributed by atoms with Gasteiger partial charge in [0.05, 0.1) is 6.54 Å². The first-order valence-corrected chi connectivity index (χ1v) is 7.26. The monoisotopic (exact) mass is 265 g/mol. The van der Waals surface area contributed by atoms with Crippen molar-refractivity contribution in [2.45, 2.75) is 31.3 Å². The number of ether oxygens (including phenoxy) is 1. The molecule has 1 amide bonds. The SMILES string of the molecule is O=C(C1C[C@@H]2C[C@@H]2C1)N1C[C@H]2CCO[C@@]2(C(=O)O)C1. The van der Waals surface area contributed by atoms with Crippen molar-refractivity contribution in [3.63, 3.8) is 0 Å². The maximum Gasteiger partial charge on any atom is 0.338 e. The number of amides is 1. The van der Waals surface area contributed by atoms with Gasteiger partial charge < -0.3 is 14.7 Å². The highest BCUT2D eigenvalue weighted by atomic mass is 16.5. The molecule has 2 aliphatic heterocycles. The lowest BCUT2D eigenvalue weighted by atomic mass is 9.91. The average Bonchev–Trinajstić information content (AvgIpc) is 2.80. The summed E-state index contributed by atoms with van der Waals surface area (Å²) in [6, 6.07) is 0. The van der Waals surface area contributed by atoms with Gasteiger partial charge in [-0.2, -0.15) is 0 Å². The first kappa shape index (κ1) is 11.7. The fraction of sp³-hybridized carbons (Fsp3) is 0.857. The van der Waals surface area contributed by atoms with Crippen LogP contribution in [0.5, 0.6) is 0 Å². The Kier molecular flexibility index (Phi) is 2.29. The first-order chi connectivity index (χ1) is 9.10. The van der Waals surface area contributed by atoms with Crippen LogP contribution < -0.4 is 0 Å². The van der Waals surface area contributed by atoms with E-state index < -0.39 is 11.6 Å². The second-order valence-electron chi connectivity index (χ2n) is 6.67. The van der Waals surface area contributed by atoms with E-state index in [4.69, 9.17) is 4.74 Å². The molecule has 4 aliphatic rings. The predicted octanol–water partition coefficient (Wildman–Crippen LogP) is 0.735. The van der Waals surface area contributed by atoms with Gasteiger partial charge in [0.1, 0.15) is 0 Å². The van der Waals surface area contributed by atoms with Crippen molar-refractivity contribution >= 4 is 11.9 Å². The van der Waals surface area contributed by atoms with E-state index in [0.29, 0.717) is 13.2 Å². The molecule has 5 nitrogen and oxygen atoms in total. The summed E-state index contributed by atoms with van der Waals surface area (Å²) in [7, 11) is 0. The molecular weight excluding hydrogens is 246 g/mol. The van der Waals surface area contributed by atoms with E-state index >= 15 is 0 Å². The van der Waals surface area contributed by atoms with Gasteiger partial charge in [0, 0.05) is 25.0 Å². The molecule has 4 fully saturated rings. The maximum absolute atomic E-state index is 12.5. The highest BCUT2D eigenvalue weighted by Gasteiger charge is 2.59. The van der Waals surface area contributed by atoms with Gasteiger partial charge >= 0.3 is 5.97 Å². The molecule has 0 aromatic carbocycles. The van der Waals surface area contributed by atoms with E-state index in [0.717, 1.165) is 31.1 Å². The standard InChI is InChI=1S/C14H19NO4/c16-12(10-4-8-3-9(8)5-10)15-6-11-1-2-19-14(11,7-15)13(17)18/h8-11H,1-7H2,(H,17,18)/t8-,9+,10?,11-,14+/m1/s1. The number of carbonyl (C=O) groups is 2. The van der Waals surface area contributed by atoms with E-state index in [1.165, 1.54) is 6.42 Å². The van der Waals surface area contributed by atoms with Crippen molar-refractivity contribution < 1.29 is 19.4 Å². The molecule has 19 heavy (non-hydrogen) atoms. The van der Waals surface area contributed by atoms with Crippen LogP contribution in [0.1, 0.15) is 25.7 Å². The van der Waals surface area contributed by atoms with Crippen LogP contribution >= 0.6 is 0 Å². The highest BCUT2D eigenvalue weighted by molar-refractivity contribution is 5.84. The smallest absolute Gasteiger partial charge is 0.338 e. The minimum atomic E-state index is -1.11. The molecular formula is C14H19NO4. The van der Waals surface area contributed by atoms with E-state index in [-0.39, 0.29) is 24.3 Å². The predicted molar refractivity (Wildman–Crippen MR) is 65.3 cm³/mol. The zero-order valence-corrected chi connectivity index (χ0v) is 10.9. The van der Waals surface area contributed by atoms with Crippen LogP contribution in [0, 0.1) is 23.7 Å². The summed E-state index contributed by atoms with van der Waals surface area (Å²) in [4.78, 5) is 25.7. The summed E-state index contributed by atoms with van der Waals surface area (Å²) in [6.07, 6.45) is 4.10.